The predicted octanol–water partition coefficient (Wildman–Crippen LogP) is 3.62. The second-order valence-electron chi connectivity index (χ2n) is 9.31. The Morgan fingerprint density at radius 2 is 2.00 bits per heavy atom. The van der Waals surface area contributed by atoms with Gasteiger partial charge in [0.25, 0.3) is 0 Å². The van der Waals surface area contributed by atoms with Crippen molar-refractivity contribution < 1.29 is 22.7 Å². The van der Waals surface area contributed by atoms with Gasteiger partial charge in [-0.05, 0) is 57.2 Å². The molecule has 1 saturated heterocycles. The van der Waals surface area contributed by atoms with Crippen LogP contribution in [0.2, 0.25) is 0 Å². The van der Waals surface area contributed by atoms with Crippen molar-refractivity contribution in [2.24, 2.45) is 0 Å². The van der Waals surface area contributed by atoms with Crippen molar-refractivity contribution >= 4 is 16.1 Å². The number of aryl methyl sites for hydroxylation is 1. The van der Waals surface area contributed by atoms with Gasteiger partial charge < -0.3 is 14.4 Å². The quantitative estimate of drug-likeness (QED) is 0.557. The molecule has 1 aromatic carbocycles. The molecule has 3 rings (SSSR count). The molecule has 2 heterocycles. The van der Waals surface area contributed by atoms with E-state index in [9.17, 15) is 13.2 Å². The van der Waals surface area contributed by atoms with E-state index in [4.69, 9.17) is 9.47 Å². The third kappa shape index (κ3) is 8.01. The number of pyridine rings is 1. The molecule has 33 heavy (non-hydrogen) atoms. The first-order valence-corrected chi connectivity index (χ1v) is 13.0. The molecular formula is C24H33N3O5S. The standard InChI is InChI=1S/C24H33N3O5S/c1-24(2,3)32-23(28)27-12-10-21(27)17-31-22-14-20(15-25-16-22)19-9-5-7-18(13-19)8-6-11-26-33(4,29)30/h5,7,9,13-16,21,26H,6,8,10-12,17H2,1-4H3. The second-order valence-corrected chi connectivity index (χ2v) is 11.1. The minimum Gasteiger partial charge on any atom is -0.490 e. The number of nitrogens with zero attached hydrogens (tertiary/aromatic N) is 2. The van der Waals surface area contributed by atoms with Gasteiger partial charge in [0.1, 0.15) is 18.0 Å². The number of likely N-dealkylation sites (tertiary alicyclic amines) is 1. The molecule has 180 valence electrons. The first-order valence-electron chi connectivity index (χ1n) is 11.1. The van der Waals surface area contributed by atoms with Gasteiger partial charge in [0.2, 0.25) is 10.0 Å². The smallest absolute Gasteiger partial charge is 0.410 e. The van der Waals surface area contributed by atoms with E-state index in [1.807, 2.05) is 45.0 Å². The third-order valence-electron chi connectivity index (χ3n) is 5.19. The highest BCUT2D eigenvalue weighted by Gasteiger charge is 2.35. The van der Waals surface area contributed by atoms with Crippen LogP contribution >= 0.6 is 0 Å². The lowest BCUT2D eigenvalue weighted by Crippen LogP contribution is -2.55. The maximum Gasteiger partial charge on any atom is 0.410 e. The van der Waals surface area contributed by atoms with Gasteiger partial charge in [0, 0.05) is 24.8 Å². The van der Waals surface area contributed by atoms with Crippen LogP contribution in [0.15, 0.2) is 42.7 Å². The van der Waals surface area contributed by atoms with Crippen molar-refractivity contribution in [3.05, 3.63) is 48.3 Å². The maximum atomic E-state index is 12.3. The summed E-state index contributed by atoms with van der Waals surface area (Å²) < 4.78 is 36.3. The molecular weight excluding hydrogens is 442 g/mol. The zero-order valence-electron chi connectivity index (χ0n) is 19.7. The van der Waals surface area contributed by atoms with E-state index in [-0.39, 0.29) is 12.1 Å². The number of sulfonamides is 1. The monoisotopic (exact) mass is 475 g/mol. The Hall–Kier alpha value is -2.65. The Morgan fingerprint density at radius 1 is 1.21 bits per heavy atom. The Balaban J connectivity index is 1.56. The number of hydrogen-bond donors (Lipinski definition) is 1. The predicted molar refractivity (Wildman–Crippen MR) is 128 cm³/mol. The topological polar surface area (TPSA) is 97.8 Å². The SMILES string of the molecule is CC(C)(C)OC(=O)N1CCC1COc1cncc(-c2cccc(CCCNS(C)(=O)=O)c2)c1. The van der Waals surface area contributed by atoms with Crippen LogP contribution in [-0.4, -0.2) is 62.0 Å². The van der Waals surface area contributed by atoms with Gasteiger partial charge in [-0.1, -0.05) is 24.3 Å². The van der Waals surface area contributed by atoms with E-state index in [1.54, 1.807) is 17.3 Å². The summed E-state index contributed by atoms with van der Waals surface area (Å²) in [6.45, 7) is 7.04. The molecule has 8 nitrogen and oxygen atoms in total. The summed E-state index contributed by atoms with van der Waals surface area (Å²) in [5.41, 5.74) is 2.55. The van der Waals surface area contributed by atoms with E-state index in [1.165, 1.54) is 0 Å². The van der Waals surface area contributed by atoms with Crippen LogP contribution in [0.4, 0.5) is 4.79 Å². The first kappa shape index (κ1) is 25.0. The molecule has 1 unspecified atom stereocenters. The van der Waals surface area contributed by atoms with E-state index in [0.717, 1.165) is 35.8 Å². The van der Waals surface area contributed by atoms with E-state index < -0.39 is 15.6 Å². The molecule has 2 aromatic rings. The van der Waals surface area contributed by atoms with Crippen LogP contribution in [0, 0.1) is 0 Å². The molecule has 1 atom stereocenters. The lowest BCUT2D eigenvalue weighted by atomic mass is 10.0. The van der Waals surface area contributed by atoms with E-state index in [2.05, 4.69) is 15.8 Å². The fraction of sp³-hybridized carbons (Fsp3) is 0.500. The molecule has 0 spiro atoms. The Labute approximate surface area is 196 Å². The van der Waals surface area contributed by atoms with Gasteiger partial charge in [0.05, 0.1) is 18.5 Å². The lowest BCUT2D eigenvalue weighted by molar-refractivity contribution is -0.0141. The van der Waals surface area contributed by atoms with Crippen LogP contribution in [0.3, 0.4) is 0 Å². The summed E-state index contributed by atoms with van der Waals surface area (Å²) >= 11 is 0. The molecule has 0 saturated carbocycles. The van der Waals surface area contributed by atoms with Crippen molar-refractivity contribution in [2.45, 2.75) is 51.7 Å². The number of nitrogens with one attached hydrogen (secondary N) is 1. The molecule has 0 radical (unpaired) electrons. The zero-order chi connectivity index (χ0) is 24.1. The van der Waals surface area contributed by atoms with Gasteiger partial charge >= 0.3 is 6.09 Å². The highest BCUT2D eigenvalue weighted by molar-refractivity contribution is 7.88. The third-order valence-corrected chi connectivity index (χ3v) is 5.92. The van der Waals surface area contributed by atoms with Crippen LogP contribution in [0.25, 0.3) is 11.1 Å². The van der Waals surface area contributed by atoms with Crippen molar-refractivity contribution in [1.29, 1.82) is 0 Å². The number of hydrogen-bond acceptors (Lipinski definition) is 6. The molecule has 0 bridgehead atoms. The largest absolute Gasteiger partial charge is 0.490 e. The number of benzene rings is 1. The highest BCUT2D eigenvalue weighted by atomic mass is 32.2. The molecule has 0 aliphatic carbocycles. The summed E-state index contributed by atoms with van der Waals surface area (Å²) in [7, 11) is -3.16. The molecule has 1 aromatic heterocycles. The van der Waals surface area contributed by atoms with Crippen LogP contribution in [0.1, 0.15) is 39.2 Å². The number of amides is 1. The van der Waals surface area contributed by atoms with Crippen molar-refractivity contribution in [3.63, 3.8) is 0 Å². The van der Waals surface area contributed by atoms with E-state index >= 15 is 0 Å². The van der Waals surface area contributed by atoms with E-state index in [0.29, 0.717) is 31.9 Å². The summed E-state index contributed by atoms with van der Waals surface area (Å²) in [4.78, 5) is 18.3. The van der Waals surface area contributed by atoms with Crippen LogP contribution < -0.4 is 9.46 Å². The number of aromatic nitrogens is 1. The number of carbonyl (C=O) groups is 1. The second kappa shape index (κ2) is 10.5. The van der Waals surface area contributed by atoms with Crippen molar-refractivity contribution in [1.82, 2.24) is 14.6 Å². The fourth-order valence-electron chi connectivity index (χ4n) is 3.48. The Morgan fingerprint density at radius 3 is 2.67 bits per heavy atom. The van der Waals surface area contributed by atoms with Gasteiger partial charge in [-0.15, -0.1) is 0 Å². The fourth-order valence-corrected chi connectivity index (χ4v) is 3.99. The van der Waals surface area contributed by atoms with Gasteiger partial charge in [0.15, 0.2) is 0 Å². The van der Waals surface area contributed by atoms with Gasteiger partial charge in [-0.2, -0.15) is 0 Å². The first-order chi connectivity index (χ1) is 15.5. The minimum atomic E-state index is -3.16. The summed E-state index contributed by atoms with van der Waals surface area (Å²) in [6, 6.07) is 10.0. The molecule has 9 heteroatoms. The average molecular weight is 476 g/mol. The summed E-state index contributed by atoms with van der Waals surface area (Å²) in [5, 5.41) is 0. The molecule has 1 fully saturated rings. The molecule has 1 N–H and O–H groups in total. The molecule has 1 aliphatic heterocycles. The minimum absolute atomic E-state index is 0.00706. The van der Waals surface area contributed by atoms with Crippen LogP contribution in [0.5, 0.6) is 5.75 Å². The molecule has 1 amide bonds. The summed E-state index contributed by atoms with van der Waals surface area (Å²) in [6.07, 6.45) is 6.67. The number of rotatable bonds is 9. The Bertz CT molecular complexity index is 1070. The van der Waals surface area contributed by atoms with Crippen molar-refractivity contribution in [3.8, 4) is 16.9 Å². The normalized spacial score (nSPS) is 16.2. The lowest BCUT2D eigenvalue weighted by Gasteiger charge is -2.40. The average Bonchev–Trinajstić information content (AvgIpc) is 2.69. The number of carbonyl (C=O) groups excluding carboxylic acids is 1. The highest BCUT2D eigenvalue weighted by Crippen LogP contribution is 2.26. The van der Waals surface area contributed by atoms with Gasteiger partial charge in [-0.25, -0.2) is 17.9 Å². The Kier molecular flexibility index (Phi) is 7.97. The van der Waals surface area contributed by atoms with Gasteiger partial charge in [-0.3, -0.25) is 4.98 Å². The zero-order valence-corrected chi connectivity index (χ0v) is 20.5. The number of ether oxygens (including phenoxy) is 2. The molecule has 1 aliphatic rings. The maximum absolute atomic E-state index is 12.3. The summed E-state index contributed by atoms with van der Waals surface area (Å²) in [5.74, 6) is 0.645. The van der Waals surface area contributed by atoms with Crippen LogP contribution in [-0.2, 0) is 21.2 Å². The van der Waals surface area contributed by atoms with Crippen molar-refractivity contribution in [2.75, 3.05) is 26.0 Å².